The molecule has 0 saturated carbocycles. The van der Waals surface area contributed by atoms with Gasteiger partial charge in [-0.1, -0.05) is 25.4 Å². The number of halogens is 1. The summed E-state index contributed by atoms with van der Waals surface area (Å²) in [6.45, 7) is 5.29. The van der Waals surface area contributed by atoms with Crippen molar-refractivity contribution in [1.82, 2.24) is 9.78 Å². The maximum atomic E-state index is 12.0. The third-order valence-corrected chi connectivity index (χ3v) is 3.70. The van der Waals surface area contributed by atoms with Crippen LogP contribution in [0.15, 0.2) is 30.5 Å². The van der Waals surface area contributed by atoms with Gasteiger partial charge < -0.3 is 10.4 Å². The monoisotopic (exact) mass is 335 g/mol. The molecule has 0 aliphatic heterocycles. The van der Waals surface area contributed by atoms with Crippen LogP contribution in [0.5, 0.6) is 0 Å². The standard InChI is InChI=1S/C16H18ClN3O3/c1-9(2)14-13(19-15(21)10(3)16(22)23)8-18-20(14)12-6-4-11(17)5-7-12/h4-10H,1-3H3,(H,19,21)(H,22,23). The van der Waals surface area contributed by atoms with E-state index in [9.17, 15) is 9.59 Å². The van der Waals surface area contributed by atoms with Gasteiger partial charge in [0.15, 0.2) is 0 Å². The number of aliphatic carboxylic acids is 1. The number of nitrogens with one attached hydrogen (secondary N) is 1. The molecule has 7 heteroatoms. The second-order valence-corrected chi connectivity index (χ2v) is 5.97. The van der Waals surface area contributed by atoms with E-state index in [1.54, 1.807) is 16.8 Å². The molecule has 122 valence electrons. The van der Waals surface area contributed by atoms with Gasteiger partial charge in [-0.25, -0.2) is 4.68 Å². The molecule has 1 heterocycles. The van der Waals surface area contributed by atoms with Crippen LogP contribution in [-0.4, -0.2) is 26.8 Å². The molecule has 1 aromatic carbocycles. The molecule has 1 unspecified atom stereocenters. The van der Waals surface area contributed by atoms with E-state index in [-0.39, 0.29) is 5.92 Å². The van der Waals surface area contributed by atoms with E-state index in [4.69, 9.17) is 16.7 Å². The molecule has 23 heavy (non-hydrogen) atoms. The molecular weight excluding hydrogens is 318 g/mol. The van der Waals surface area contributed by atoms with Crippen LogP contribution in [0.3, 0.4) is 0 Å². The van der Waals surface area contributed by atoms with E-state index in [0.29, 0.717) is 10.7 Å². The van der Waals surface area contributed by atoms with E-state index in [0.717, 1.165) is 11.4 Å². The third-order valence-electron chi connectivity index (χ3n) is 3.45. The molecule has 6 nitrogen and oxygen atoms in total. The van der Waals surface area contributed by atoms with Gasteiger partial charge in [-0.3, -0.25) is 9.59 Å². The molecule has 0 saturated heterocycles. The average molecular weight is 336 g/mol. The first-order valence-corrected chi connectivity index (χ1v) is 7.56. The lowest BCUT2D eigenvalue weighted by molar-refractivity contribution is -0.144. The summed E-state index contributed by atoms with van der Waals surface area (Å²) in [5.74, 6) is -2.80. The number of hydrogen-bond donors (Lipinski definition) is 2. The van der Waals surface area contributed by atoms with E-state index in [2.05, 4.69) is 10.4 Å². The van der Waals surface area contributed by atoms with Gasteiger partial charge >= 0.3 is 5.97 Å². The summed E-state index contributed by atoms with van der Waals surface area (Å²) in [4.78, 5) is 22.9. The number of anilines is 1. The first-order chi connectivity index (χ1) is 10.8. The highest BCUT2D eigenvalue weighted by Gasteiger charge is 2.23. The average Bonchev–Trinajstić information content (AvgIpc) is 2.90. The summed E-state index contributed by atoms with van der Waals surface area (Å²) in [5.41, 5.74) is 2.11. The van der Waals surface area contributed by atoms with E-state index in [1.807, 2.05) is 26.0 Å². The summed E-state index contributed by atoms with van der Waals surface area (Å²) in [7, 11) is 0. The lowest BCUT2D eigenvalue weighted by atomic mass is 10.1. The Bertz CT molecular complexity index is 723. The quantitative estimate of drug-likeness (QED) is 0.821. The number of carbonyl (C=O) groups excluding carboxylic acids is 1. The summed E-state index contributed by atoms with van der Waals surface area (Å²) >= 11 is 5.90. The Hall–Kier alpha value is -2.34. The highest BCUT2D eigenvalue weighted by molar-refractivity contribution is 6.30. The van der Waals surface area contributed by atoms with Crippen molar-refractivity contribution in [2.45, 2.75) is 26.7 Å². The van der Waals surface area contributed by atoms with Crippen LogP contribution < -0.4 is 5.32 Å². The molecule has 0 bridgehead atoms. The lowest BCUT2D eigenvalue weighted by Crippen LogP contribution is -2.27. The predicted octanol–water partition coefficient (Wildman–Crippen LogP) is 3.31. The Morgan fingerprint density at radius 3 is 2.35 bits per heavy atom. The Balaban J connectivity index is 2.37. The van der Waals surface area contributed by atoms with E-state index < -0.39 is 17.8 Å². The molecule has 1 amide bonds. The number of benzene rings is 1. The molecule has 2 rings (SSSR count). The fourth-order valence-corrected chi connectivity index (χ4v) is 2.28. The highest BCUT2D eigenvalue weighted by atomic mass is 35.5. The summed E-state index contributed by atoms with van der Waals surface area (Å²) in [6.07, 6.45) is 1.52. The molecule has 0 spiro atoms. The van der Waals surface area contributed by atoms with Gasteiger partial charge in [0.05, 0.1) is 23.3 Å². The molecule has 2 aromatic rings. The number of hydrogen-bond acceptors (Lipinski definition) is 3. The zero-order valence-electron chi connectivity index (χ0n) is 13.1. The van der Waals surface area contributed by atoms with Gasteiger partial charge in [0, 0.05) is 5.02 Å². The second kappa shape index (κ2) is 6.83. The number of nitrogens with zero attached hydrogens (tertiary/aromatic N) is 2. The van der Waals surface area contributed by atoms with Gasteiger partial charge in [0.25, 0.3) is 0 Å². The highest BCUT2D eigenvalue weighted by Crippen LogP contribution is 2.27. The van der Waals surface area contributed by atoms with Crippen LogP contribution in [0.1, 0.15) is 32.4 Å². The van der Waals surface area contributed by atoms with E-state index >= 15 is 0 Å². The number of amides is 1. The molecular formula is C16H18ClN3O3. The normalized spacial score (nSPS) is 12.2. The molecule has 1 atom stereocenters. The van der Waals surface area contributed by atoms with Crippen molar-refractivity contribution in [3.8, 4) is 5.69 Å². The number of carboxylic acid groups (broad SMARTS) is 1. The van der Waals surface area contributed by atoms with Crippen LogP contribution in [0.25, 0.3) is 5.69 Å². The lowest BCUT2D eigenvalue weighted by Gasteiger charge is -2.14. The van der Waals surface area contributed by atoms with Crippen molar-refractivity contribution in [3.05, 3.63) is 41.2 Å². The van der Waals surface area contributed by atoms with Crippen LogP contribution >= 0.6 is 11.6 Å². The topological polar surface area (TPSA) is 84.2 Å². The molecule has 0 fully saturated rings. The first kappa shape index (κ1) is 17.0. The summed E-state index contributed by atoms with van der Waals surface area (Å²) < 4.78 is 1.71. The molecule has 0 aliphatic rings. The maximum absolute atomic E-state index is 12.0. The number of carbonyl (C=O) groups is 2. The predicted molar refractivity (Wildman–Crippen MR) is 88.1 cm³/mol. The van der Waals surface area contributed by atoms with Crippen LogP contribution in [-0.2, 0) is 9.59 Å². The number of aromatic nitrogens is 2. The summed E-state index contributed by atoms with van der Waals surface area (Å²) in [5, 5.41) is 16.5. The fraction of sp³-hybridized carbons (Fsp3) is 0.312. The molecule has 2 N–H and O–H groups in total. The van der Waals surface area contributed by atoms with Gasteiger partial charge in [-0.05, 0) is 37.1 Å². The first-order valence-electron chi connectivity index (χ1n) is 7.18. The van der Waals surface area contributed by atoms with Gasteiger partial charge in [0.1, 0.15) is 5.92 Å². The van der Waals surface area contributed by atoms with Gasteiger partial charge in [0.2, 0.25) is 5.91 Å². The van der Waals surface area contributed by atoms with Gasteiger partial charge in [-0.2, -0.15) is 5.10 Å². The Morgan fingerprint density at radius 2 is 1.83 bits per heavy atom. The van der Waals surface area contributed by atoms with Crippen LogP contribution in [0, 0.1) is 5.92 Å². The van der Waals surface area contributed by atoms with Crippen molar-refractivity contribution in [2.24, 2.45) is 5.92 Å². The minimum atomic E-state index is -1.17. The molecule has 0 aliphatic carbocycles. The minimum absolute atomic E-state index is 0.0728. The van der Waals surface area contributed by atoms with Crippen molar-refractivity contribution in [2.75, 3.05) is 5.32 Å². The number of carboxylic acids is 1. The Morgan fingerprint density at radius 1 is 1.22 bits per heavy atom. The minimum Gasteiger partial charge on any atom is -0.481 e. The zero-order valence-corrected chi connectivity index (χ0v) is 13.8. The van der Waals surface area contributed by atoms with Crippen molar-refractivity contribution >= 4 is 29.2 Å². The smallest absolute Gasteiger partial charge is 0.315 e. The van der Waals surface area contributed by atoms with Gasteiger partial charge in [-0.15, -0.1) is 0 Å². The molecule has 0 radical (unpaired) electrons. The second-order valence-electron chi connectivity index (χ2n) is 5.54. The van der Waals surface area contributed by atoms with Crippen LogP contribution in [0.2, 0.25) is 5.02 Å². The SMILES string of the molecule is CC(C(=O)O)C(=O)Nc1cnn(-c2ccc(Cl)cc2)c1C(C)C. The van der Waals surface area contributed by atoms with Crippen molar-refractivity contribution in [3.63, 3.8) is 0 Å². The van der Waals surface area contributed by atoms with Crippen molar-refractivity contribution in [1.29, 1.82) is 0 Å². The molecule has 1 aromatic heterocycles. The summed E-state index contributed by atoms with van der Waals surface area (Å²) in [6, 6.07) is 7.17. The van der Waals surface area contributed by atoms with E-state index in [1.165, 1.54) is 13.1 Å². The Kier molecular flexibility index (Phi) is 5.05. The third kappa shape index (κ3) is 3.71. The van der Waals surface area contributed by atoms with Crippen LogP contribution in [0.4, 0.5) is 5.69 Å². The maximum Gasteiger partial charge on any atom is 0.315 e. The number of rotatable bonds is 5. The Labute approximate surface area is 139 Å². The fourth-order valence-electron chi connectivity index (χ4n) is 2.15. The zero-order chi connectivity index (χ0) is 17.1. The largest absolute Gasteiger partial charge is 0.481 e. The van der Waals surface area contributed by atoms with Crippen molar-refractivity contribution < 1.29 is 14.7 Å².